The topological polar surface area (TPSA) is 42.0 Å². The molecule has 1 aromatic rings. The van der Waals surface area contributed by atoms with Gasteiger partial charge in [0.1, 0.15) is 5.82 Å². The van der Waals surface area contributed by atoms with Crippen LogP contribution in [0.1, 0.15) is 58.9 Å². The van der Waals surface area contributed by atoms with E-state index in [0.29, 0.717) is 19.4 Å². The first-order valence-electron chi connectivity index (χ1n) is 11.9. The van der Waals surface area contributed by atoms with Crippen molar-refractivity contribution >= 4 is 24.2 Å². The maximum absolute atomic E-state index is 15.8. The van der Waals surface area contributed by atoms with Gasteiger partial charge in [-0.1, -0.05) is 12.1 Å². The molecule has 1 aromatic carbocycles. The summed E-state index contributed by atoms with van der Waals surface area (Å²) in [6, 6.07) is 3.88. The molecule has 3 aliphatic heterocycles. The fourth-order valence-corrected chi connectivity index (χ4v) is 3.83. The summed E-state index contributed by atoms with van der Waals surface area (Å²) in [7, 11) is -0.989. The zero-order valence-corrected chi connectivity index (χ0v) is 16.9. The number of hydrogen-bond acceptors (Lipinski definition) is 4. The van der Waals surface area contributed by atoms with Gasteiger partial charge in [0.05, 0.1) is 16.9 Å². The van der Waals surface area contributed by atoms with Crippen molar-refractivity contribution in [1.82, 2.24) is 4.90 Å². The van der Waals surface area contributed by atoms with Gasteiger partial charge in [0, 0.05) is 42.9 Å². The molecule has 3 fully saturated rings. The fraction of sp³-hybridized carbons (Fsp3) is 0.667. The van der Waals surface area contributed by atoms with Crippen LogP contribution in [0.15, 0.2) is 18.2 Å². The third-order valence-electron chi connectivity index (χ3n) is 6.28. The highest BCUT2D eigenvalue weighted by Gasteiger charge is 2.52. The van der Waals surface area contributed by atoms with E-state index in [9.17, 15) is 4.79 Å². The number of benzene rings is 1. The molecular weight excluding hydrogens is 358 g/mol. The number of likely N-dealkylation sites (tertiary alicyclic amines) is 1. The lowest BCUT2D eigenvalue weighted by molar-refractivity contribution is -0.130. The second-order valence-corrected chi connectivity index (χ2v) is 8.67. The van der Waals surface area contributed by atoms with E-state index in [1.54, 1.807) is 11.0 Å². The first-order valence-corrected chi connectivity index (χ1v) is 9.90. The first kappa shape index (κ1) is 15.3. The van der Waals surface area contributed by atoms with Crippen LogP contribution in [-0.4, -0.2) is 54.7 Å². The molecule has 0 aromatic heterocycles. The number of piperidine rings is 1. The van der Waals surface area contributed by atoms with E-state index in [2.05, 4.69) is 0 Å². The maximum atomic E-state index is 15.8. The molecule has 0 radical (unpaired) electrons. The summed E-state index contributed by atoms with van der Waals surface area (Å²) in [6.07, 6.45) is 0.892. The number of amides is 1. The molecule has 3 saturated heterocycles. The standard InChI is InChI=1S/C21H30BFN2O3/c1-20(2)21(3,4)28-22(27-20)16-7-5-8-17(19(16)23)24-13-10-15(11-14-24)25-12-6-9-18(25)26/h5,7-8,15H,6,9-14H2,1-4H3/i13D2,14D2. The third kappa shape index (κ3) is 3.33. The van der Waals surface area contributed by atoms with Crippen molar-refractivity contribution in [2.75, 3.05) is 24.4 Å². The Balaban J connectivity index is 1.68. The molecule has 0 unspecified atom stereocenters. The van der Waals surface area contributed by atoms with Crippen LogP contribution < -0.4 is 10.4 Å². The Morgan fingerprint density at radius 1 is 1.18 bits per heavy atom. The molecule has 3 aliphatic rings. The van der Waals surface area contributed by atoms with Crippen molar-refractivity contribution in [1.29, 1.82) is 0 Å². The van der Waals surface area contributed by atoms with Crippen LogP contribution in [0.4, 0.5) is 10.1 Å². The molecule has 5 nitrogen and oxygen atoms in total. The first-order chi connectivity index (χ1) is 14.7. The van der Waals surface area contributed by atoms with Crippen molar-refractivity contribution < 1.29 is 24.0 Å². The Bertz CT molecular complexity index is 896. The molecule has 3 heterocycles. The van der Waals surface area contributed by atoms with Gasteiger partial charge in [0.2, 0.25) is 5.91 Å². The molecule has 0 N–H and O–H groups in total. The Hall–Kier alpha value is -1.60. The Morgan fingerprint density at radius 2 is 1.82 bits per heavy atom. The SMILES string of the molecule is [2H]C1([2H])CC(N2CCCC2=O)CC([2H])([2H])N1c1cccc(B2OC(C)(C)C(C)(C)O2)c1F. The number of hydrogen-bond donors (Lipinski definition) is 0. The van der Waals surface area contributed by atoms with Crippen molar-refractivity contribution in [2.24, 2.45) is 0 Å². The van der Waals surface area contributed by atoms with Crippen molar-refractivity contribution in [3.63, 3.8) is 0 Å². The summed E-state index contributed by atoms with van der Waals surface area (Å²) >= 11 is 0. The fourth-order valence-electron chi connectivity index (χ4n) is 3.83. The van der Waals surface area contributed by atoms with Gasteiger partial charge < -0.3 is 19.1 Å². The Morgan fingerprint density at radius 3 is 2.39 bits per heavy atom. The van der Waals surface area contributed by atoms with Crippen molar-refractivity contribution in [2.45, 2.75) is 70.6 Å². The van der Waals surface area contributed by atoms with Gasteiger partial charge in [-0.05, 0) is 53.0 Å². The van der Waals surface area contributed by atoms with Gasteiger partial charge in [-0.25, -0.2) is 4.39 Å². The Labute approximate surface area is 172 Å². The van der Waals surface area contributed by atoms with Crippen LogP contribution in [0.5, 0.6) is 0 Å². The number of carbonyl (C=O) groups is 1. The van der Waals surface area contributed by atoms with Gasteiger partial charge >= 0.3 is 7.12 Å². The van der Waals surface area contributed by atoms with Gasteiger partial charge in [0.15, 0.2) is 0 Å². The molecule has 0 aliphatic carbocycles. The summed E-state index contributed by atoms with van der Waals surface area (Å²) in [6.45, 7) is 3.52. The molecule has 0 spiro atoms. The molecule has 7 heteroatoms. The van der Waals surface area contributed by atoms with Crippen molar-refractivity contribution in [3.8, 4) is 0 Å². The average Bonchev–Trinajstić information content (AvgIpc) is 3.14. The van der Waals surface area contributed by atoms with E-state index in [4.69, 9.17) is 14.8 Å². The largest absolute Gasteiger partial charge is 0.497 e. The minimum atomic E-state index is -2.20. The van der Waals surface area contributed by atoms with E-state index in [1.165, 1.54) is 12.1 Å². The average molecular weight is 392 g/mol. The minimum Gasteiger partial charge on any atom is -0.399 e. The zero-order chi connectivity index (χ0) is 23.7. The molecule has 0 saturated carbocycles. The minimum absolute atomic E-state index is 0.0796. The lowest BCUT2D eigenvalue weighted by Crippen LogP contribution is -2.46. The van der Waals surface area contributed by atoms with Crippen LogP contribution in [0, 0.1) is 5.82 Å². The molecule has 0 atom stereocenters. The summed E-state index contributed by atoms with van der Waals surface area (Å²) in [4.78, 5) is 14.6. The predicted octanol–water partition coefficient (Wildman–Crippen LogP) is 2.72. The lowest BCUT2D eigenvalue weighted by atomic mass is 9.78. The number of carbonyl (C=O) groups excluding carboxylic acids is 1. The monoisotopic (exact) mass is 392 g/mol. The molecule has 1 amide bonds. The molecule has 28 heavy (non-hydrogen) atoms. The van der Waals surface area contributed by atoms with E-state index in [1.807, 2.05) is 27.7 Å². The number of anilines is 1. The second-order valence-electron chi connectivity index (χ2n) is 8.67. The van der Waals surface area contributed by atoms with Crippen LogP contribution in [0.2, 0.25) is 0 Å². The quantitative estimate of drug-likeness (QED) is 0.742. The van der Waals surface area contributed by atoms with E-state index in [0.717, 1.165) is 4.90 Å². The van der Waals surface area contributed by atoms with Gasteiger partial charge in [-0.15, -0.1) is 0 Å². The van der Waals surface area contributed by atoms with E-state index >= 15 is 4.39 Å². The highest BCUT2D eigenvalue weighted by atomic mass is 19.1. The normalized spacial score (nSPS) is 30.8. The van der Waals surface area contributed by atoms with Crippen molar-refractivity contribution in [3.05, 3.63) is 24.0 Å². The number of rotatable bonds is 3. The number of nitrogens with zero attached hydrogens (tertiary/aromatic N) is 2. The summed E-state index contributed by atoms with van der Waals surface area (Å²) in [5.41, 5.74) is -1.43. The molecule has 0 bridgehead atoms. The molecular formula is C21H30BFN2O3. The molecule has 4 rings (SSSR count). The summed E-state index contributed by atoms with van der Waals surface area (Å²) < 4.78 is 62.2. The van der Waals surface area contributed by atoms with Crippen LogP contribution in [0.25, 0.3) is 0 Å². The van der Waals surface area contributed by atoms with Crippen LogP contribution in [0.3, 0.4) is 0 Å². The smallest absolute Gasteiger partial charge is 0.399 e. The highest BCUT2D eigenvalue weighted by Crippen LogP contribution is 2.37. The predicted molar refractivity (Wildman–Crippen MR) is 108 cm³/mol. The third-order valence-corrected chi connectivity index (χ3v) is 6.28. The van der Waals surface area contributed by atoms with E-state index < -0.39 is 43.2 Å². The van der Waals surface area contributed by atoms with Gasteiger partial charge in [-0.2, -0.15) is 0 Å². The summed E-state index contributed by atoms with van der Waals surface area (Å²) in [5, 5.41) is 0. The Kier molecular flexibility index (Phi) is 3.83. The summed E-state index contributed by atoms with van der Waals surface area (Å²) in [5.74, 6) is -0.849. The highest BCUT2D eigenvalue weighted by molar-refractivity contribution is 6.62. The van der Waals surface area contributed by atoms with Gasteiger partial charge in [0.25, 0.3) is 0 Å². The number of halogens is 1. The lowest BCUT2D eigenvalue weighted by Gasteiger charge is -2.38. The van der Waals surface area contributed by atoms with Gasteiger partial charge in [-0.3, -0.25) is 4.79 Å². The second kappa shape index (κ2) is 7.03. The van der Waals surface area contributed by atoms with Crippen LogP contribution >= 0.6 is 0 Å². The van der Waals surface area contributed by atoms with Crippen LogP contribution in [-0.2, 0) is 14.1 Å². The molecule has 152 valence electrons. The van der Waals surface area contributed by atoms with E-state index in [-0.39, 0.29) is 29.9 Å². The zero-order valence-electron chi connectivity index (χ0n) is 20.9. The maximum Gasteiger partial charge on any atom is 0.497 e.